The average molecular weight is 208 g/mol. The van der Waals surface area contributed by atoms with Gasteiger partial charge in [-0.15, -0.1) is 0 Å². The molecule has 0 aromatic carbocycles. The summed E-state index contributed by atoms with van der Waals surface area (Å²) in [5.74, 6) is 0.208. The van der Waals surface area contributed by atoms with Crippen molar-refractivity contribution >= 4 is 6.08 Å². The summed E-state index contributed by atoms with van der Waals surface area (Å²) in [5.41, 5.74) is 0. The topological polar surface area (TPSA) is 48.2 Å². The molecule has 0 unspecified atom stereocenters. The maximum Gasteiger partial charge on any atom is 0.411 e. The third kappa shape index (κ3) is 3.56. The summed E-state index contributed by atoms with van der Waals surface area (Å²) in [6, 6.07) is 0. The smallest absolute Gasteiger partial charge is 0.364 e. The Balaban J connectivity index is 2.35. The third-order valence-corrected chi connectivity index (χ3v) is 1.16. The number of alkyl halides is 3. The minimum absolute atomic E-state index is 0.0594. The van der Waals surface area contributed by atoms with Crippen LogP contribution in [0.15, 0.2) is 11.1 Å². The van der Waals surface area contributed by atoms with Gasteiger partial charge in [-0.1, -0.05) is 11.7 Å². The molecule has 4 nitrogen and oxygen atoms in total. The standard InChI is InChI=1S/C7H7F3N2O2/c1-2-6-11-5(12-14-6)3-13-4-7(8,9)10/h2H,1,3-4H2. The summed E-state index contributed by atoms with van der Waals surface area (Å²) in [6.07, 6.45) is -3.05. The van der Waals surface area contributed by atoms with Gasteiger partial charge in [0.2, 0.25) is 5.89 Å². The lowest BCUT2D eigenvalue weighted by Crippen LogP contribution is -2.16. The van der Waals surface area contributed by atoms with Crippen molar-refractivity contribution in [3.63, 3.8) is 0 Å². The van der Waals surface area contributed by atoms with Crippen LogP contribution in [0.3, 0.4) is 0 Å². The van der Waals surface area contributed by atoms with Gasteiger partial charge in [0.1, 0.15) is 13.2 Å². The normalized spacial score (nSPS) is 11.6. The molecular formula is C7H7F3N2O2. The first-order chi connectivity index (χ1) is 6.51. The van der Waals surface area contributed by atoms with Crippen molar-refractivity contribution in [3.05, 3.63) is 18.3 Å². The molecule has 0 aliphatic heterocycles. The zero-order valence-electron chi connectivity index (χ0n) is 7.04. The lowest BCUT2D eigenvalue weighted by molar-refractivity contribution is -0.177. The van der Waals surface area contributed by atoms with Crippen LogP contribution in [-0.2, 0) is 11.3 Å². The second kappa shape index (κ2) is 4.23. The first-order valence-corrected chi connectivity index (χ1v) is 3.61. The number of hydrogen-bond donors (Lipinski definition) is 0. The second-order valence-corrected chi connectivity index (χ2v) is 2.36. The molecule has 0 aliphatic rings. The van der Waals surface area contributed by atoms with Crippen LogP contribution in [0.1, 0.15) is 11.7 Å². The van der Waals surface area contributed by atoms with Gasteiger partial charge in [0.25, 0.3) is 0 Å². The van der Waals surface area contributed by atoms with Crippen LogP contribution in [0.2, 0.25) is 0 Å². The predicted molar refractivity (Wildman–Crippen MR) is 40.1 cm³/mol. The molecule has 7 heteroatoms. The van der Waals surface area contributed by atoms with Crippen LogP contribution in [0.4, 0.5) is 13.2 Å². The molecule has 1 aromatic heterocycles. The number of halogens is 3. The Labute approximate surface area is 77.4 Å². The number of aromatic nitrogens is 2. The molecule has 0 saturated carbocycles. The van der Waals surface area contributed by atoms with Crippen LogP contribution in [-0.4, -0.2) is 22.9 Å². The Morgan fingerprint density at radius 3 is 2.71 bits per heavy atom. The Kier molecular flexibility index (Phi) is 3.23. The van der Waals surface area contributed by atoms with Gasteiger partial charge in [0, 0.05) is 0 Å². The van der Waals surface area contributed by atoms with E-state index in [1.54, 1.807) is 0 Å². The molecule has 1 rings (SSSR count). The quantitative estimate of drug-likeness (QED) is 0.756. The number of rotatable bonds is 4. The maximum absolute atomic E-state index is 11.6. The largest absolute Gasteiger partial charge is 0.411 e. The molecule has 0 radical (unpaired) electrons. The van der Waals surface area contributed by atoms with E-state index in [4.69, 9.17) is 0 Å². The Hall–Kier alpha value is -1.37. The average Bonchev–Trinajstić information content (AvgIpc) is 2.50. The van der Waals surface area contributed by atoms with Crippen LogP contribution < -0.4 is 0 Å². The summed E-state index contributed by atoms with van der Waals surface area (Å²) in [4.78, 5) is 3.66. The maximum atomic E-state index is 11.6. The van der Waals surface area contributed by atoms with Crippen molar-refractivity contribution in [3.8, 4) is 0 Å². The van der Waals surface area contributed by atoms with Gasteiger partial charge >= 0.3 is 6.18 Å². The van der Waals surface area contributed by atoms with Gasteiger partial charge in [0.15, 0.2) is 5.82 Å². The zero-order chi connectivity index (χ0) is 10.6. The first kappa shape index (κ1) is 10.7. The van der Waals surface area contributed by atoms with Crippen LogP contribution >= 0.6 is 0 Å². The van der Waals surface area contributed by atoms with E-state index in [2.05, 4.69) is 26.0 Å². The van der Waals surface area contributed by atoms with Crippen LogP contribution in [0, 0.1) is 0 Å². The van der Waals surface area contributed by atoms with Crippen molar-refractivity contribution in [2.24, 2.45) is 0 Å². The van der Waals surface area contributed by atoms with Crippen LogP contribution in [0.25, 0.3) is 6.08 Å². The van der Waals surface area contributed by atoms with Crippen molar-refractivity contribution < 1.29 is 22.4 Å². The fraction of sp³-hybridized carbons (Fsp3) is 0.429. The predicted octanol–water partition coefficient (Wildman–Crippen LogP) is 1.79. The summed E-state index contributed by atoms with van der Waals surface area (Å²) < 4.78 is 43.7. The van der Waals surface area contributed by atoms with E-state index in [0.29, 0.717) is 0 Å². The molecule has 0 bridgehead atoms. The Morgan fingerprint density at radius 2 is 2.21 bits per heavy atom. The second-order valence-electron chi connectivity index (χ2n) is 2.36. The molecular weight excluding hydrogens is 201 g/mol. The molecule has 1 heterocycles. The minimum Gasteiger partial charge on any atom is -0.364 e. The van der Waals surface area contributed by atoms with E-state index < -0.39 is 12.8 Å². The van der Waals surface area contributed by atoms with Crippen LogP contribution in [0.5, 0.6) is 0 Å². The van der Waals surface area contributed by atoms with Crippen molar-refractivity contribution in [1.29, 1.82) is 0 Å². The molecule has 0 fully saturated rings. The summed E-state index contributed by atoms with van der Waals surface area (Å²) in [7, 11) is 0. The molecule has 0 spiro atoms. The van der Waals surface area contributed by atoms with E-state index in [1.165, 1.54) is 6.08 Å². The molecule has 0 atom stereocenters. The van der Waals surface area contributed by atoms with Gasteiger partial charge in [-0.25, -0.2) is 0 Å². The summed E-state index contributed by atoms with van der Waals surface area (Å²) in [5, 5.41) is 3.36. The lowest BCUT2D eigenvalue weighted by Gasteiger charge is -2.04. The Bertz CT molecular complexity index is 308. The van der Waals surface area contributed by atoms with Gasteiger partial charge in [-0.2, -0.15) is 18.2 Å². The van der Waals surface area contributed by atoms with Crippen molar-refractivity contribution in [2.45, 2.75) is 12.8 Å². The highest BCUT2D eigenvalue weighted by atomic mass is 19.4. The highest BCUT2D eigenvalue weighted by Gasteiger charge is 2.27. The number of nitrogens with zero attached hydrogens (tertiary/aromatic N) is 2. The van der Waals surface area contributed by atoms with Gasteiger partial charge < -0.3 is 9.26 Å². The molecule has 14 heavy (non-hydrogen) atoms. The molecule has 1 aromatic rings. The number of ether oxygens (including phenoxy) is 1. The first-order valence-electron chi connectivity index (χ1n) is 3.61. The molecule has 0 saturated heterocycles. The van der Waals surface area contributed by atoms with Gasteiger partial charge in [-0.3, -0.25) is 0 Å². The summed E-state index contributed by atoms with van der Waals surface area (Å²) in [6.45, 7) is 1.68. The van der Waals surface area contributed by atoms with E-state index in [1.807, 2.05) is 0 Å². The number of hydrogen-bond acceptors (Lipinski definition) is 4. The third-order valence-electron chi connectivity index (χ3n) is 1.16. The van der Waals surface area contributed by atoms with E-state index in [9.17, 15) is 13.2 Å². The summed E-state index contributed by atoms with van der Waals surface area (Å²) >= 11 is 0. The fourth-order valence-electron chi connectivity index (χ4n) is 0.667. The van der Waals surface area contributed by atoms with Crippen molar-refractivity contribution in [1.82, 2.24) is 10.1 Å². The highest BCUT2D eigenvalue weighted by Crippen LogP contribution is 2.15. The lowest BCUT2D eigenvalue weighted by atomic mass is 10.6. The Morgan fingerprint density at radius 1 is 1.50 bits per heavy atom. The van der Waals surface area contributed by atoms with Gasteiger partial charge in [0.05, 0.1) is 0 Å². The molecule has 0 amide bonds. The van der Waals surface area contributed by atoms with E-state index >= 15 is 0 Å². The van der Waals surface area contributed by atoms with Crippen molar-refractivity contribution in [2.75, 3.05) is 6.61 Å². The monoisotopic (exact) mass is 208 g/mol. The van der Waals surface area contributed by atoms with E-state index in [-0.39, 0.29) is 18.3 Å². The minimum atomic E-state index is -4.34. The van der Waals surface area contributed by atoms with E-state index in [0.717, 1.165) is 0 Å². The van der Waals surface area contributed by atoms with Gasteiger partial charge in [-0.05, 0) is 6.08 Å². The SMILES string of the molecule is C=Cc1nc(COCC(F)(F)F)no1. The fourth-order valence-corrected chi connectivity index (χ4v) is 0.667. The molecule has 0 aliphatic carbocycles. The zero-order valence-corrected chi connectivity index (χ0v) is 7.04. The highest BCUT2D eigenvalue weighted by molar-refractivity contribution is 5.32. The molecule has 78 valence electrons. The molecule has 0 N–H and O–H groups in total.